The van der Waals surface area contributed by atoms with E-state index in [1.807, 2.05) is 19.1 Å². The second-order valence-electron chi connectivity index (χ2n) is 2.42. The number of methoxy groups -OCH3 is 1. The van der Waals surface area contributed by atoms with E-state index in [4.69, 9.17) is 0 Å². The average molecular weight is 153 g/mol. The molecule has 0 saturated carbocycles. The number of hydrogen-bond acceptors (Lipinski definition) is 2. The van der Waals surface area contributed by atoms with Gasteiger partial charge in [0.05, 0.1) is 7.11 Å². The van der Waals surface area contributed by atoms with Crippen LogP contribution in [0.5, 0.6) is 0 Å². The highest BCUT2D eigenvalue weighted by molar-refractivity contribution is 5.70. The van der Waals surface area contributed by atoms with E-state index in [1.165, 1.54) is 12.0 Å². The van der Waals surface area contributed by atoms with Crippen LogP contribution in [0.2, 0.25) is 0 Å². The molecule has 0 fully saturated rings. The first-order valence-electron chi connectivity index (χ1n) is 3.47. The molecular weight excluding hydrogens is 142 g/mol. The molecule has 1 heterocycles. The minimum Gasteiger partial charge on any atom is -0.452 e. The number of carbonyl (C=O) groups excluding carboxylic acids is 1. The maximum absolute atomic E-state index is 10.9. The third-order valence-corrected chi connectivity index (χ3v) is 1.49. The van der Waals surface area contributed by atoms with Crippen molar-refractivity contribution in [2.45, 2.75) is 6.92 Å². The standard InChI is InChI=1S/C8H11NO2/c1-7-3-5-9(6-4-7)8(10)11-2/h3-7H,1-2H3. The summed E-state index contributed by atoms with van der Waals surface area (Å²) in [6, 6.07) is 0. The summed E-state index contributed by atoms with van der Waals surface area (Å²) in [6.07, 6.45) is 6.91. The van der Waals surface area contributed by atoms with E-state index in [0.717, 1.165) is 0 Å². The van der Waals surface area contributed by atoms with Gasteiger partial charge in [-0.2, -0.15) is 0 Å². The Balaban J connectivity index is 2.58. The van der Waals surface area contributed by atoms with Gasteiger partial charge in [0.15, 0.2) is 0 Å². The van der Waals surface area contributed by atoms with Crippen molar-refractivity contribution in [2.75, 3.05) is 7.11 Å². The second-order valence-corrected chi connectivity index (χ2v) is 2.42. The monoisotopic (exact) mass is 153 g/mol. The summed E-state index contributed by atoms with van der Waals surface area (Å²) < 4.78 is 4.51. The van der Waals surface area contributed by atoms with Crippen molar-refractivity contribution in [3.63, 3.8) is 0 Å². The van der Waals surface area contributed by atoms with Crippen LogP contribution in [0.1, 0.15) is 6.92 Å². The number of amides is 1. The molecule has 0 aromatic rings. The first kappa shape index (κ1) is 7.85. The number of hydrogen-bond donors (Lipinski definition) is 0. The van der Waals surface area contributed by atoms with Crippen LogP contribution in [0.25, 0.3) is 0 Å². The minimum absolute atomic E-state index is 0.357. The molecule has 1 amide bonds. The molecular formula is C8H11NO2. The van der Waals surface area contributed by atoms with Crippen LogP contribution in [-0.2, 0) is 4.74 Å². The normalized spacial score (nSPS) is 17.1. The maximum atomic E-state index is 10.9. The number of rotatable bonds is 0. The van der Waals surface area contributed by atoms with E-state index in [-0.39, 0.29) is 6.09 Å². The summed E-state index contributed by atoms with van der Waals surface area (Å²) in [6.45, 7) is 2.04. The topological polar surface area (TPSA) is 29.5 Å². The molecule has 11 heavy (non-hydrogen) atoms. The molecule has 0 N–H and O–H groups in total. The number of carbonyl (C=O) groups is 1. The number of nitrogens with zero attached hydrogens (tertiary/aromatic N) is 1. The molecule has 0 radical (unpaired) electrons. The molecule has 0 unspecified atom stereocenters. The van der Waals surface area contributed by atoms with Gasteiger partial charge in [0.1, 0.15) is 0 Å². The summed E-state index contributed by atoms with van der Waals surface area (Å²) in [4.78, 5) is 12.3. The molecule has 0 atom stereocenters. The highest BCUT2D eigenvalue weighted by Gasteiger charge is 2.09. The van der Waals surface area contributed by atoms with E-state index in [9.17, 15) is 4.79 Å². The zero-order chi connectivity index (χ0) is 8.27. The lowest BCUT2D eigenvalue weighted by Gasteiger charge is -2.16. The maximum Gasteiger partial charge on any atom is 0.417 e. The van der Waals surface area contributed by atoms with Gasteiger partial charge < -0.3 is 4.74 Å². The largest absolute Gasteiger partial charge is 0.452 e. The summed E-state index contributed by atoms with van der Waals surface area (Å²) >= 11 is 0. The van der Waals surface area contributed by atoms with Crippen LogP contribution >= 0.6 is 0 Å². The fraction of sp³-hybridized carbons (Fsp3) is 0.375. The molecule has 0 spiro atoms. The fourth-order valence-corrected chi connectivity index (χ4v) is 0.798. The Kier molecular flexibility index (Phi) is 2.31. The van der Waals surface area contributed by atoms with Crippen LogP contribution in [0.15, 0.2) is 24.6 Å². The van der Waals surface area contributed by atoms with Gasteiger partial charge in [-0.15, -0.1) is 0 Å². The zero-order valence-electron chi connectivity index (χ0n) is 6.65. The molecule has 0 bridgehead atoms. The number of allylic oxidation sites excluding steroid dienone is 2. The van der Waals surface area contributed by atoms with E-state index in [2.05, 4.69) is 4.74 Å². The number of ether oxygens (including phenoxy) is 1. The van der Waals surface area contributed by atoms with E-state index >= 15 is 0 Å². The highest BCUT2D eigenvalue weighted by Crippen LogP contribution is 2.09. The van der Waals surface area contributed by atoms with Crippen LogP contribution in [0, 0.1) is 5.92 Å². The zero-order valence-corrected chi connectivity index (χ0v) is 6.65. The summed E-state index contributed by atoms with van der Waals surface area (Å²) in [5.41, 5.74) is 0. The molecule has 3 heteroatoms. The molecule has 60 valence electrons. The van der Waals surface area contributed by atoms with Gasteiger partial charge in [0, 0.05) is 12.4 Å². The molecule has 0 aliphatic carbocycles. The quantitative estimate of drug-likeness (QED) is 0.530. The molecule has 0 aromatic heterocycles. The third kappa shape index (κ3) is 1.83. The second kappa shape index (κ2) is 3.23. The van der Waals surface area contributed by atoms with Crippen molar-refractivity contribution in [1.82, 2.24) is 4.90 Å². The van der Waals surface area contributed by atoms with Crippen molar-refractivity contribution in [3.05, 3.63) is 24.6 Å². The Morgan fingerprint density at radius 2 is 2.00 bits per heavy atom. The Hall–Kier alpha value is -1.25. The Bertz CT molecular complexity index is 194. The molecule has 1 rings (SSSR count). The average Bonchev–Trinajstić information content (AvgIpc) is 2.05. The lowest BCUT2D eigenvalue weighted by Crippen LogP contribution is -2.21. The van der Waals surface area contributed by atoms with Crippen LogP contribution in [-0.4, -0.2) is 18.1 Å². The lowest BCUT2D eigenvalue weighted by atomic mass is 10.1. The van der Waals surface area contributed by atoms with Gasteiger partial charge in [-0.25, -0.2) is 4.79 Å². The SMILES string of the molecule is COC(=O)N1C=CC(C)C=C1. The Morgan fingerprint density at radius 3 is 2.45 bits per heavy atom. The van der Waals surface area contributed by atoms with E-state index in [0.29, 0.717) is 5.92 Å². The first-order valence-corrected chi connectivity index (χ1v) is 3.47. The predicted octanol–water partition coefficient (Wildman–Crippen LogP) is 1.73. The van der Waals surface area contributed by atoms with Crippen molar-refractivity contribution in [2.24, 2.45) is 5.92 Å². The molecule has 3 nitrogen and oxygen atoms in total. The lowest BCUT2D eigenvalue weighted by molar-refractivity contribution is 0.151. The Morgan fingerprint density at radius 1 is 1.45 bits per heavy atom. The summed E-state index contributed by atoms with van der Waals surface area (Å²) in [5.74, 6) is 0.399. The fourth-order valence-electron chi connectivity index (χ4n) is 0.798. The van der Waals surface area contributed by atoms with Gasteiger partial charge in [0.25, 0.3) is 0 Å². The molecule has 0 saturated heterocycles. The van der Waals surface area contributed by atoms with Gasteiger partial charge in [-0.1, -0.05) is 19.1 Å². The van der Waals surface area contributed by atoms with Crippen LogP contribution in [0.4, 0.5) is 4.79 Å². The van der Waals surface area contributed by atoms with E-state index < -0.39 is 0 Å². The summed E-state index contributed by atoms with van der Waals surface area (Å²) in [7, 11) is 1.36. The molecule has 1 aliphatic rings. The highest BCUT2D eigenvalue weighted by atomic mass is 16.5. The van der Waals surface area contributed by atoms with Crippen molar-refractivity contribution < 1.29 is 9.53 Å². The molecule has 0 aromatic carbocycles. The first-order chi connectivity index (χ1) is 5.24. The Labute approximate surface area is 65.9 Å². The third-order valence-electron chi connectivity index (χ3n) is 1.49. The van der Waals surface area contributed by atoms with E-state index in [1.54, 1.807) is 12.4 Å². The summed E-state index contributed by atoms with van der Waals surface area (Å²) in [5, 5.41) is 0. The van der Waals surface area contributed by atoms with Crippen molar-refractivity contribution in [1.29, 1.82) is 0 Å². The van der Waals surface area contributed by atoms with Crippen molar-refractivity contribution in [3.8, 4) is 0 Å². The minimum atomic E-state index is -0.357. The van der Waals surface area contributed by atoms with Crippen LogP contribution in [0.3, 0.4) is 0 Å². The van der Waals surface area contributed by atoms with Gasteiger partial charge in [0.2, 0.25) is 0 Å². The smallest absolute Gasteiger partial charge is 0.417 e. The van der Waals surface area contributed by atoms with Gasteiger partial charge >= 0.3 is 6.09 Å². The van der Waals surface area contributed by atoms with Gasteiger partial charge in [-0.3, -0.25) is 4.90 Å². The van der Waals surface area contributed by atoms with Crippen molar-refractivity contribution >= 4 is 6.09 Å². The predicted molar refractivity (Wildman–Crippen MR) is 41.7 cm³/mol. The van der Waals surface area contributed by atoms with Crippen LogP contribution < -0.4 is 0 Å². The van der Waals surface area contributed by atoms with Gasteiger partial charge in [-0.05, 0) is 5.92 Å². The molecule has 1 aliphatic heterocycles.